The lowest BCUT2D eigenvalue weighted by Crippen LogP contribution is -2.36. The number of hydrogen-bond donors (Lipinski definition) is 3. The lowest BCUT2D eigenvalue weighted by molar-refractivity contribution is -0.123. The maximum Gasteiger partial charge on any atom is 0.243 e. The Balaban J connectivity index is 0.00000324. The molecular formula is C11H15BrClN3O3. The van der Waals surface area contributed by atoms with E-state index < -0.39 is 0 Å². The summed E-state index contributed by atoms with van der Waals surface area (Å²) in [6, 6.07) is 5.19. The lowest BCUT2D eigenvalue weighted by atomic mass is 10.3. The molecule has 0 radical (unpaired) electrons. The number of nitrogens with one attached hydrogen (secondary N) is 2. The molecule has 0 aliphatic carbocycles. The monoisotopic (exact) mass is 351 g/mol. The van der Waals surface area contributed by atoms with Gasteiger partial charge in [-0.3, -0.25) is 9.59 Å². The Morgan fingerprint density at radius 2 is 2.05 bits per heavy atom. The van der Waals surface area contributed by atoms with Gasteiger partial charge in [0.05, 0.1) is 25.9 Å². The third kappa shape index (κ3) is 5.91. The van der Waals surface area contributed by atoms with E-state index in [1.165, 1.54) is 7.11 Å². The summed E-state index contributed by atoms with van der Waals surface area (Å²) in [7, 11) is 1.54. The largest absolute Gasteiger partial charge is 0.497 e. The number of rotatable bonds is 5. The van der Waals surface area contributed by atoms with E-state index in [2.05, 4.69) is 26.6 Å². The average Bonchev–Trinajstić information content (AvgIpc) is 2.38. The Morgan fingerprint density at radius 1 is 1.37 bits per heavy atom. The van der Waals surface area contributed by atoms with Crippen LogP contribution in [0.3, 0.4) is 0 Å². The van der Waals surface area contributed by atoms with Crippen molar-refractivity contribution < 1.29 is 14.3 Å². The van der Waals surface area contributed by atoms with Crippen LogP contribution in [0.5, 0.6) is 5.75 Å². The third-order valence-corrected chi connectivity index (χ3v) is 2.77. The summed E-state index contributed by atoms with van der Waals surface area (Å²) in [6.45, 7) is -0.268. The van der Waals surface area contributed by atoms with Crippen molar-refractivity contribution >= 4 is 45.8 Å². The molecule has 8 heteroatoms. The smallest absolute Gasteiger partial charge is 0.243 e. The average molecular weight is 353 g/mol. The van der Waals surface area contributed by atoms with E-state index in [0.717, 1.165) is 4.47 Å². The zero-order valence-electron chi connectivity index (χ0n) is 10.2. The number of ether oxygens (including phenoxy) is 1. The summed E-state index contributed by atoms with van der Waals surface area (Å²) in [5.74, 6) is -0.0971. The second-order valence-corrected chi connectivity index (χ2v) is 4.23. The molecule has 0 fully saturated rings. The van der Waals surface area contributed by atoms with E-state index in [-0.39, 0.29) is 37.3 Å². The minimum atomic E-state index is -0.380. The maximum atomic E-state index is 11.6. The van der Waals surface area contributed by atoms with Gasteiger partial charge in [-0.05, 0) is 28.1 Å². The molecule has 6 nitrogen and oxygen atoms in total. The highest BCUT2D eigenvalue weighted by atomic mass is 79.9. The molecule has 0 bridgehead atoms. The van der Waals surface area contributed by atoms with Crippen molar-refractivity contribution in [2.45, 2.75) is 0 Å². The topological polar surface area (TPSA) is 93.5 Å². The van der Waals surface area contributed by atoms with Crippen molar-refractivity contribution in [1.29, 1.82) is 0 Å². The van der Waals surface area contributed by atoms with Crippen LogP contribution in [0.4, 0.5) is 5.69 Å². The normalized spacial score (nSPS) is 9.21. The number of nitrogens with two attached hydrogens (primary N) is 1. The lowest BCUT2D eigenvalue weighted by Gasteiger charge is -2.09. The third-order valence-electron chi connectivity index (χ3n) is 2.08. The minimum Gasteiger partial charge on any atom is -0.497 e. The first kappa shape index (κ1) is 17.7. The summed E-state index contributed by atoms with van der Waals surface area (Å²) in [5.41, 5.74) is 5.68. The maximum absolute atomic E-state index is 11.6. The van der Waals surface area contributed by atoms with Crippen molar-refractivity contribution in [3.05, 3.63) is 22.7 Å². The van der Waals surface area contributed by atoms with Gasteiger partial charge in [0.25, 0.3) is 0 Å². The van der Waals surface area contributed by atoms with Crippen molar-refractivity contribution in [2.24, 2.45) is 5.73 Å². The van der Waals surface area contributed by atoms with Gasteiger partial charge >= 0.3 is 0 Å². The molecule has 1 aromatic rings. The number of amides is 2. The number of carbonyl (C=O) groups is 2. The number of hydrogen-bond acceptors (Lipinski definition) is 4. The Morgan fingerprint density at radius 3 is 2.63 bits per heavy atom. The SMILES string of the molecule is COc1ccc(Br)c(NC(=O)CNC(=O)CN)c1.Cl. The fraction of sp³-hybridized carbons (Fsp3) is 0.273. The van der Waals surface area contributed by atoms with Crippen molar-refractivity contribution in [3.8, 4) is 5.75 Å². The number of anilines is 1. The fourth-order valence-corrected chi connectivity index (χ4v) is 1.52. The predicted molar refractivity (Wildman–Crippen MR) is 78.6 cm³/mol. The zero-order chi connectivity index (χ0) is 13.5. The highest BCUT2D eigenvalue weighted by molar-refractivity contribution is 9.10. The van der Waals surface area contributed by atoms with E-state index in [9.17, 15) is 9.59 Å². The Kier molecular flexibility index (Phi) is 8.13. The number of halogens is 2. The molecule has 0 unspecified atom stereocenters. The van der Waals surface area contributed by atoms with Crippen LogP contribution in [-0.2, 0) is 9.59 Å². The van der Waals surface area contributed by atoms with E-state index in [4.69, 9.17) is 10.5 Å². The molecule has 0 aliphatic rings. The number of benzene rings is 1. The molecule has 0 aliphatic heterocycles. The van der Waals surface area contributed by atoms with E-state index in [0.29, 0.717) is 11.4 Å². The number of carbonyl (C=O) groups excluding carboxylic acids is 2. The number of methoxy groups -OCH3 is 1. The van der Waals surface area contributed by atoms with E-state index in [1.807, 2.05) is 0 Å². The first-order chi connectivity index (χ1) is 8.56. The molecule has 106 valence electrons. The van der Waals surface area contributed by atoms with Crippen LogP contribution in [-0.4, -0.2) is 32.0 Å². The molecule has 19 heavy (non-hydrogen) atoms. The van der Waals surface area contributed by atoms with Crippen LogP contribution in [0.25, 0.3) is 0 Å². The van der Waals surface area contributed by atoms with Crippen molar-refractivity contribution in [2.75, 3.05) is 25.5 Å². The van der Waals surface area contributed by atoms with Gasteiger partial charge in [0.2, 0.25) is 11.8 Å². The summed E-state index contributed by atoms with van der Waals surface area (Å²) in [6.07, 6.45) is 0. The highest BCUT2D eigenvalue weighted by Crippen LogP contribution is 2.26. The van der Waals surface area contributed by atoms with Gasteiger partial charge in [-0.25, -0.2) is 0 Å². The molecule has 0 saturated heterocycles. The van der Waals surface area contributed by atoms with E-state index in [1.54, 1.807) is 18.2 Å². The molecule has 4 N–H and O–H groups in total. The van der Waals surface area contributed by atoms with Crippen LogP contribution >= 0.6 is 28.3 Å². The Labute approximate surface area is 125 Å². The van der Waals surface area contributed by atoms with Crippen LogP contribution < -0.4 is 21.1 Å². The van der Waals surface area contributed by atoms with Crippen LogP contribution in [0, 0.1) is 0 Å². The van der Waals surface area contributed by atoms with Gasteiger partial charge in [-0.15, -0.1) is 12.4 Å². The molecule has 0 aromatic heterocycles. The second kappa shape index (κ2) is 8.73. The quantitative estimate of drug-likeness (QED) is 0.734. The molecule has 0 spiro atoms. The zero-order valence-corrected chi connectivity index (χ0v) is 12.6. The standard InChI is InChI=1S/C11H14BrN3O3.ClH/c1-18-7-2-3-8(12)9(4-7)15-11(17)6-14-10(16)5-13;/h2-4H,5-6,13H2,1H3,(H,14,16)(H,15,17);1H. The van der Waals surface area contributed by atoms with Crippen LogP contribution in [0.1, 0.15) is 0 Å². The van der Waals surface area contributed by atoms with Crippen LogP contribution in [0.15, 0.2) is 22.7 Å². The van der Waals surface area contributed by atoms with Gasteiger partial charge in [0.15, 0.2) is 0 Å². The van der Waals surface area contributed by atoms with Crippen LogP contribution in [0.2, 0.25) is 0 Å². The molecule has 0 heterocycles. The molecule has 1 rings (SSSR count). The summed E-state index contributed by atoms with van der Waals surface area (Å²) >= 11 is 3.30. The Bertz CT molecular complexity index is 457. The van der Waals surface area contributed by atoms with Gasteiger partial charge < -0.3 is 21.1 Å². The molecular weight excluding hydrogens is 337 g/mol. The van der Waals surface area contributed by atoms with Gasteiger partial charge in [-0.2, -0.15) is 0 Å². The van der Waals surface area contributed by atoms with Gasteiger partial charge in [0, 0.05) is 10.5 Å². The predicted octanol–water partition coefficient (Wildman–Crippen LogP) is 0.893. The summed E-state index contributed by atoms with van der Waals surface area (Å²) < 4.78 is 5.77. The molecule has 0 atom stereocenters. The molecule has 2 amide bonds. The van der Waals surface area contributed by atoms with Crippen molar-refractivity contribution in [3.63, 3.8) is 0 Å². The fourth-order valence-electron chi connectivity index (χ4n) is 1.17. The minimum absolute atomic E-state index is 0. The second-order valence-electron chi connectivity index (χ2n) is 3.37. The summed E-state index contributed by atoms with van der Waals surface area (Å²) in [5, 5.41) is 5.02. The molecule has 1 aromatic carbocycles. The van der Waals surface area contributed by atoms with Gasteiger partial charge in [-0.1, -0.05) is 0 Å². The molecule has 0 saturated carbocycles. The van der Waals surface area contributed by atoms with E-state index >= 15 is 0 Å². The van der Waals surface area contributed by atoms with Gasteiger partial charge in [0.1, 0.15) is 5.75 Å². The highest BCUT2D eigenvalue weighted by Gasteiger charge is 2.08. The first-order valence-electron chi connectivity index (χ1n) is 5.17. The summed E-state index contributed by atoms with van der Waals surface area (Å²) in [4.78, 5) is 22.4. The Hall–Kier alpha value is -1.31. The first-order valence-corrected chi connectivity index (χ1v) is 5.96. The van der Waals surface area contributed by atoms with Crippen molar-refractivity contribution in [1.82, 2.24) is 5.32 Å².